The fourth-order valence-corrected chi connectivity index (χ4v) is 4.04. The van der Waals surface area contributed by atoms with Crippen molar-refractivity contribution in [1.29, 1.82) is 0 Å². The highest BCUT2D eigenvalue weighted by Gasteiger charge is 2.38. The van der Waals surface area contributed by atoms with Crippen molar-refractivity contribution in [3.63, 3.8) is 0 Å². The number of aliphatic hydroxyl groups excluding tert-OH is 1. The van der Waals surface area contributed by atoms with E-state index in [0.717, 1.165) is 12.6 Å². The van der Waals surface area contributed by atoms with Crippen LogP contribution in [-0.4, -0.2) is 48.3 Å². The summed E-state index contributed by atoms with van der Waals surface area (Å²) in [7, 11) is 0. The average molecular weight is 266 g/mol. The molecule has 0 amide bonds. The molecule has 0 aromatic rings. The van der Waals surface area contributed by atoms with Crippen LogP contribution in [0, 0.1) is 11.3 Å². The lowest BCUT2D eigenvalue weighted by atomic mass is 9.85. The Morgan fingerprint density at radius 3 is 2.58 bits per heavy atom. The van der Waals surface area contributed by atoms with Gasteiger partial charge in [-0.1, -0.05) is 12.8 Å². The van der Waals surface area contributed by atoms with Crippen molar-refractivity contribution in [2.75, 3.05) is 26.2 Å². The summed E-state index contributed by atoms with van der Waals surface area (Å²) in [5.41, 5.74) is 0.538. The van der Waals surface area contributed by atoms with Crippen molar-refractivity contribution >= 4 is 0 Å². The van der Waals surface area contributed by atoms with Gasteiger partial charge in [0, 0.05) is 25.7 Å². The Morgan fingerprint density at radius 2 is 2.00 bits per heavy atom. The second kappa shape index (κ2) is 5.71. The third kappa shape index (κ3) is 3.50. The second-order valence-electron chi connectivity index (χ2n) is 7.39. The van der Waals surface area contributed by atoms with E-state index in [0.29, 0.717) is 11.3 Å². The van der Waals surface area contributed by atoms with Crippen LogP contribution in [0.25, 0.3) is 0 Å². The molecular formula is C16H30N2O. The van der Waals surface area contributed by atoms with E-state index in [1.165, 1.54) is 64.6 Å². The molecule has 1 saturated heterocycles. The Balaban J connectivity index is 1.52. The minimum absolute atomic E-state index is 0.130. The van der Waals surface area contributed by atoms with E-state index >= 15 is 0 Å². The van der Waals surface area contributed by atoms with E-state index < -0.39 is 0 Å². The minimum Gasteiger partial charge on any atom is -0.393 e. The van der Waals surface area contributed by atoms with Crippen LogP contribution in [0.4, 0.5) is 0 Å². The molecule has 0 spiro atoms. The molecule has 0 bridgehead atoms. The smallest absolute Gasteiger partial charge is 0.0552 e. The van der Waals surface area contributed by atoms with Crippen LogP contribution < -0.4 is 5.32 Å². The van der Waals surface area contributed by atoms with Crippen LogP contribution in [0.2, 0.25) is 0 Å². The molecule has 2 saturated carbocycles. The van der Waals surface area contributed by atoms with Crippen molar-refractivity contribution in [1.82, 2.24) is 10.2 Å². The summed E-state index contributed by atoms with van der Waals surface area (Å²) in [6, 6.07) is 0.835. The summed E-state index contributed by atoms with van der Waals surface area (Å²) < 4.78 is 0. The van der Waals surface area contributed by atoms with Crippen LogP contribution in [0.1, 0.15) is 51.9 Å². The van der Waals surface area contributed by atoms with Crippen LogP contribution >= 0.6 is 0 Å². The van der Waals surface area contributed by atoms with Gasteiger partial charge in [-0.2, -0.15) is 0 Å². The standard InChI is InChI=1S/C16H30N2O/c1-13(19)14-6-9-18(10-14)12-16(7-2-3-8-16)11-17-15-4-5-15/h13-15,17,19H,2-12H2,1H3. The van der Waals surface area contributed by atoms with Crippen molar-refractivity contribution < 1.29 is 5.11 Å². The third-order valence-corrected chi connectivity index (χ3v) is 5.56. The Hall–Kier alpha value is -0.120. The predicted molar refractivity (Wildman–Crippen MR) is 78.2 cm³/mol. The van der Waals surface area contributed by atoms with E-state index in [1.54, 1.807) is 0 Å². The zero-order valence-corrected chi connectivity index (χ0v) is 12.4. The summed E-state index contributed by atoms with van der Waals surface area (Å²) in [5.74, 6) is 0.509. The van der Waals surface area contributed by atoms with Gasteiger partial charge in [0.05, 0.1) is 6.10 Å². The highest BCUT2D eigenvalue weighted by Crippen LogP contribution is 2.40. The van der Waals surface area contributed by atoms with Crippen LogP contribution in [-0.2, 0) is 0 Å². The van der Waals surface area contributed by atoms with Crippen molar-refractivity contribution in [3.05, 3.63) is 0 Å². The molecule has 3 rings (SSSR count). The number of hydrogen-bond donors (Lipinski definition) is 2. The van der Waals surface area contributed by atoms with Crippen molar-refractivity contribution in [2.45, 2.75) is 64.0 Å². The fraction of sp³-hybridized carbons (Fsp3) is 1.00. The average Bonchev–Trinajstić information content (AvgIpc) is 2.91. The molecule has 2 unspecified atom stereocenters. The first-order valence-corrected chi connectivity index (χ1v) is 8.31. The monoisotopic (exact) mass is 266 g/mol. The Bertz CT molecular complexity index is 295. The van der Waals surface area contributed by atoms with E-state index in [2.05, 4.69) is 10.2 Å². The summed E-state index contributed by atoms with van der Waals surface area (Å²) in [4.78, 5) is 2.62. The Morgan fingerprint density at radius 1 is 1.26 bits per heavy atom. The van der Waals surface area contributed by atoms with Gasteiger partial charge in [0.15, 0.2) is 0 Å². The molecule has 2 N–H and O–H groups in total. The minimum atomic E-state index is -0.130. The van der Waals surface area contributed by atoms with Crippen LogP contribution in [0.3, 0.4) is 0 Å². The molecule has 1 aliphatic heterocycles. The van der Waals surface area contributed by atoms with Crippen LogP contribution in [0.15, 0.2) is 0 Å². The summed E-state index contributed by atoms with van der Waals surface area (Å²) in [6.45, 7) is 6.75. The molecule has 3 nitrogen and oxygen atoms in total. The summed E-state index contributed by atoms with van der Waals surface area (Å²) in [5, 5.41) is 13.5. The molecule has 1 heterocycles. The number of likely N-dealkylation sites (tertiary alicyclic amines) is 1. The van der Waals surface area contributed by atoms with E-state index in [4.69, 9.17) is 0 Å². The number of hydrogen-bond acceptors (Lipinski definition) is 3. The van der Waals surface area contributed by atoms with Gasteiger partial charge in [-0.15, -0.1) is 0 Å². The molecule has 110 valence electrons. The van der Waals surface area contributed by atoms with Gasteiger partial charge in [-0.3, -0.25) is 0 Å². The van der Waals surface area contributed by atoms with Gasteiger partial charge in [-0.05, 0) is 56.9 Å². The Labute approximate surface area is 117 Å². The second-order valence-corrected chi connectivity index (χ2v) is 7.39. The molecule has 3 aliphatic rings. The van der Waals surface area contributed by atoms with E-state index in [-0.39, 0.29) is 6.10 Å². The molecule has 2 aliphatic carbocycles. The number of rotatable bonds is 6. The van der Waals surface area contributed by atoms with Gasteiger partial charge in [-0.25, -0.2) is 0 Å². The lowest BCUT2D eigenvalue weighted by Crippen LogP contribution is -2.42. The summed E-state index contributed by atoms with van der Waals surface area (Å²) >= 11 is 0. The van der Waals surface area contributed by atoms with Crippen molar-refractivity contribution in [3.8, 4) is 0 Å². The molecule has 0 aromatic heterocycles. The molecule has 0 aromatic carbocycles. The number of aliphatic hydroxyl groups is 1. The highest BCUT2D eigenvalue weighted by atomic mass is 16.3. The zero-order valence-electron chi connectivity index (χ0n) is 12.4. The molecule has 3 fully saturated rings. The predicted octanol–water partition coefficient (Wildman–Crippen LogP) is 2.00. The van der Waals surface area contributed by atoms with Crippen molar-refractivity contribution in [2.24, 2.45) is 11.3 Å². The molecule has 19 heavy (non-hydrogen) atoms. The van der Waals surface area contributed by atoms with E-state index in [1.807, 2.05) is 6.92 Å². The van der Waals surface area contributed by atoms with Gasteiger partial charge in [0.2, 0.25) is 0 Å². The van der Waals surface area contributed by atoms with E-state index in [9.17, 15) is 5.11 Å². The molecular weight excluding hydrogens is 236 g/mol. The topological polar surface area (TPSA) is 35.5 Å². The third-order valence-electron chi connectivity index (χ3n) is 5.56. The first kappa shape index (κ1) is 13.8. The maximum absolute atomic E-state index is 9.74. The number of nitrogens with zero attached hydrogens (tertiary/aromatic N) is 1. The maximum Gasteiger partial charge on any atom is 0.0552 e. The zero-order chi connectivity index (χ0) is 13.3. The lowest BCUT2D eigenvalue weighted by Gasteiger charge is -2.34. The van der Waals surface area contributed by atoms with Gasteiger partial charge < -0.3 is 15.3 Å². The van der Waals surface area contributed by atoms with Crippen LogP contribution in [0.5, 0.6) is 0 Å². The first-order valence-electron chi connectivity index (χ1n) is 8.31. The largest absolute Gasteiger partial charge is 0.393 e. The quantitative estimate of drug-likeness (QED) is 0.772. The molecule has 0 radical (unpaired) electrons. The summed E-state index contributed by atoms with van der Waals surface area (Å²) in [6.07, 6.45) is 9.48. The first-order chi connectivity index (χ1) is 9.17. The normalized spacial score (nSPS) is 32.8. The van der Waals surface area contributed by atoms with Gasteiger partial charge in [0.25, 0.3) is 0 Å². The molecule has 3 heteroatoms. The van der Waals surface area contributed by atoms with Gasteiger partial charge in [0.1, 0.15) is 0 Å². The highest BCUT2D eigenvalue weighted by molar-refractivity contribution is 4.94. The SMILES string of the molecule is CC(O)C1CCN(CC2(CNC3CC3)CCCC2)C1. The fourth-order valence-electron chi connectivity index (χ4n) is 4.04. The van der Waals surface area contributed by atoms with Gasteiger partial charge >= 0.3 is 0 Å². The number of nitrogens with one attached hydrogen (secondary N) is 1. The maximum atomic E-state index is 9.74. The lowest BCUT2D eigenvalue weighted by molar-refractivity contribution is 0.116. The Kier molecular flexibility index (Phi) is 4.16. The molecule has 2 atom stereocenters.